The number of nitrogens with two attached hydrogens (primary N) is 1. The van der Waals surface area contributed by atoms with Gasteiger partial charge in [-0.05, 0) is 43.1 Å². The molecule has 0 bridgehead atoms. The van der Waals surface area contributed by atoms with Crippen molar-refractivity contribution in [2.45, 2.75) is 13.3 Å². The summed E-state index contributed by atoms with van der Waals surface area (Å²) in [5.74, 6) is -0.297. The minimum absolute atomic E-state index is 0.297. The van der Waals surface area contributed by atoms with E-state index in [-0.39, 0.29) is 5.82 Å². The Morgan fingerprint density at radius 3 is 2.75 bits per heavy atom. The second kappa shape index (κ2) is 3.87. The Labute approximate surface area is 76.3 Å². The number of benzene rings is 1. The molecule has 1 nitrogen and oxygen atoms in total. The lowest BCUT2D eigenvalue weighted by Gasteiger charge is -2.05. The summed E-state index contributed by atoms with van der Waals surface area (Å²) in [4.78, 5) is 0. The summed E-state index contributed by atoms with van der Waals surface area (Å²) in [5.41, 5.74) is 7.18. The first kappa shape index (κ1) is 9.49. The Balaban J connectivity index is 3.09. The summed E-state index contributed by atoms with van der Waals surface area (Å²) >= 11 is 5.77. The third kappa shape index (κ3) is 1.96. The Bertz CT molecular complexity index is 286. The second-order valence-electron chi connectivity index (χ2n) is 2.71. The number of hydrogen-bond donors (Lipinski definition) is 1. The zero-order chi connectivity index (χ0) is 9.14. The van der Waals surface area contributed by atoms with E-state index in [1.165, 1.54) is 12.1 Å². The van der Waals surface area contributed by atoms with Gasteiger partial charge < -0.3 is 5.73 Å². The molecule has 1 rings (SSSR count). The largest absolute Gasteiger partial charge is 0.330 e. The molecule has 0 atom stereocenters. The third-order valence-corrected chi connectivity index (χ3v) is 2.22. The third-order valence-electron chi connectivity index (χ3n) is 1.83. The van der Waals surface area contributed by atoms with E-state index in [9.17, 15) is 4.39 Å². The van der Waals surface area contributed by atoms with Crippen molar-refractivity contribution in [3.8, 4) is 0 Å². The van der Waals surface area contributed by atoms with E-state index in [0.717, 1.165) is 11.1 Å². The van der Waals surface area contributed by atoms with Gasteiger partial charge in [-0.25, -0.2) is 4.39 Å². The van der Waals surface area contributed by atoms with Crippen molar-refractivity contribution in [1.29, 1.82) is 0 Å². The topological polar surface area (TPSA) is 26.0 Å². The number of rotatable bonds is 2. The van der Waals surface area contributed by atoms with Gasteiger partial charge in [0.25, 0.3) is 0 Å². The lowest BCUT2D eigenvalue weighted by molar-refractivity contribution is 0.624. The molecule has 1 aromatic rings. The SMILES string of the molecule is Cc1c(Cl)cc(F)cc1CCN. The average molecular weight is 188 g/mol. The zero-order valence-corrected chi connectivity index (χ0v) is 7.66. The van der Waals surface area contributed by atoms with Gasteiger partial charge in [-0.3, -0.25) is 0 Å². The van der Waals surface area contributed by atoms with Crippen molar-refractivity contribution in [1.82, 2.24) is 0 Å². The number of halogens is 2. The van der Waals surface area contributed by atoms with Gasteiger partial charge in [-0.15, -0.1) is 0 Å². The summed E-state index contributed by atoms with van der Waals surface area (Å²) in [6.07, 6.45) is 0.670. The van der Waals surface area contributed by atoms with Crippen LogP contribution in [0.15, 0.2) is 12.1 Å². The highest BCUT2D eigenvalue weighted by atomic mass is 35.5. The molecule has 12 heavy (non-hydrogen) atoms. The molecule has 0 heterocycles. The minimum atomic E-state index is -0.297. The highest BCUT2D eigenvalue weighted by Crippen LogP contribution is 2.20. The standard InChI is InChI=1S/C9H11ClFN/c1-6-7(2-3-12)4-8(11)5-9(6)10/h4-5H,2-3,12H2,1H3. The van der Waals surface area contributed by atoms with Crippen LogP contribution in [0.3, 0.4) is 0 Å². The zero-order valence-electron chi connectivity index (χ0n) is 6.90. The molecule has 0 amide bonds. The van der Waals surface area contributed by atoms with Crippen LogP contribution in [0.4, 0.5) is 4.39 Å². The summed E-state index contributed by atoms with van der Waals surface area (Å²) in [5, 5.41) is 0.471. The maximum atomic E-state index is 12.8. The van der Waals surface area contributed by atoms with Crippen LogP contribution < -0.4 is 5.73 Å². The van der Waals surface area contributed by atoms with Crippen LogP contribution in [0.2, 0.25) is 5.02 Å². The molecular formula is C9H11ClFN. The molecule has 0 aliphatic heterocycles. The van der Waals surface area contributed by atoms with E-state index in [1.807, 2.05) is 6.92 Å². The predicted octanol–water partition coefficient (Wildman–Crippen LogP) is 2.29. The Hall–Kier alpha value is -0.600. The van der Waals surface area contributed by atoms with Gasteiger partial charge in [-0.2, -0.15) is 0 Å². The van der Waals surface area contributed by atoms with Gasteiger partial charge in [0, 0.05) is 5.02 Å². The Morgan fingerprint density at radius 1 is 1.50 bits per heavy atom. The van der Waals surface area contributed by atoms with Crippen molar-refractivity contribution >= 4 is 11.6 Å². The van der Waals surface area contributed by atoms with E-state index >= 15 is 0 Å². The van der Waals surface area contributed by atoms with Crippen LogP contribution in [-0.2, 0) is 6.42 Å². The van der Waals surface area contributed by atoms with Gasteiger partial charge in [0.2, 0.25) is 0 Å². The van der Waals surface area contributed by atoms with Gasteiger partial charge in [0.05, 0.1) is 0 Å². The number of hydrogen-bond acceptors (Lipinski definition) is 1. The molecule has 66 valence electrons. The van der Waals surface area contributed by atoms with Crippen molar-refractivity contribution in [2.24, 2.45) is 5.73 Å². The molecule has 0 spiro atoms. The lowest BCUT2D eigenvalue weighted by Crippen LogP contribution is -2.04. The first-order valence-corrected chi connectivity index (χ1v) is 4.17. The van der Waals surface area contributed by atoms with Crippen LogP contribution in [0, 0.1) is 12.7 Å². The summed E-state index contributed by atoms with van der Waals surface area (Å²) in [6.45, 7) is 2.38. The van der Waals surface area contributed by atoms with Crippen molar-refractivity contribution in [3.05, 3.63) is 34.1 Å². The highest BCUT2D eigenvalue weighted by molar-refractivity contribution is 6.31. The smallest absolute Gasteiger partial charge is 0.124 e. The monoisotopic (exact) mass is 187 g/mol. The van der Waals surface area contributed by atoms with Crippen LogP contribution in [-0.4, -0.2) is 6.54 Å². The Kier molecular flexibility index (Phi) is 3.06. The van der Waals surface area contributed by atoms with Crippen LogP contribution in [0.1, 0.15) is 11.1 Å². The minimum Gasteiger partial charge on any atom is -0.330 e. The van der Waals surface area contributed by atoms with E-state index in [0.29, 0.717) is 18.0 Å². The van der Waals surface area contributed by atoms with Gasteiger partial charge >= 0.3 is 0 Å². The summed E-state index contributed by atoms with van der Waals surface area (Å²) in [7, 11) is 0. The summed E-state index contributed by atoms with van der Waals surface area (Å²) in [6, 6.07) is 2.80. The molecule has 0 aliphatic carbocycles. The van der Waals surface area contributed by atoms with Crippen LogP contribution >= 0.6 is 11.6 Å². The maximum absolute atomic E-state index is 12.8. The first-order valence-electron chi connectivity index (χ1n) is 3.79. The molecule has 0 radical (unpaired) electrons. The summed E-state index contributed by atoms with van der Waals surface area (Å²) < 4.78 is 12.8. The first-order chi connectivity index (χ1) is 5.65. The molecule has 0 saturated heterocycles. The van der Waals surface area contributed by atoms with E-state index < -0.39 is 0 Å². The molecule has 0 saturated carbocycles. The molecular weight excluding hydrogens is 177 g/mol. The van der Waals surface area contributed by atoms with Gasteiger partial charge in [0.1, 0.15) is 5.82 Å². The van der Waals surface area contributed by atoms with E-state index in [4.69, 9.17) is 17.3 Å². The molecule has 3 heteroatoms. The lowest BCUT2D eigenvalue weighted by atomic mass is 10.1. The molecule has 0 aliphatic rings. The Morgan fingerprint density at radius 2 is 2.17 bits per heavy atom. The van der Waals surface area contributed by atoms with Crippen molar-refractivity contribution in [3.63, 3.8) is 0 Å². The van der Waals surface area contributed by atoms with Crippen molar-refractivity contribution in [2.75, 3.05) is 6.54 Å². The molecule has 1 aromatic carbocycles. The van der Waals surface area contributed by atoms with Gasteiger partial charge in [0.15, 0.2) is 0 Å². The predicted molar refractivity (Wildman–Crippen MR) is 48.9 cm³/mol. The van der Waals surface area contributed by atoms with Gasteiger partial charge in [-0.1, -0.05) is 11.6 Å². The molecule has 0 aromatic heterocycles. The average Bonchev–Trinajstić information content (AvgIpc) is 2.00. The highest BCUT2D eigenvalue weighted by Gasteiger charge is 2.04. The second-order valence-corrected chi connectivity index (χ2v) is 3.12. The van der Waals surface area contributed by atoms with Crippen LogP contribution in [0.25, 0.3) is 0 Å². The van der Waals surface area contributed by atoms with E-state index in [2.05, 4.69) is 0 Å². The molecule has 0 unspecified atom stereocenters. The fourth-order valence-electron chi connectivity index (χ4n) is 1.11. The molecule has 2 N–H and O–H groups in total. The maximum Gasteiger partial charge on any atom is 0.124 e. The quantitative estimate of drug-likeness (QED) is 0.756. The fraction of sp³-hybridized carbons (Fsp3) is 0.333. The van der Waals surface area contributed by atoms with Crippen molar-refractivity contribution < 1.29 is 4.39 Å². The molecule has 0 fully saturated rings. The fourth-order valence-corrected chi connectivity index (χ4v) is 1.34. The van der Waals surface area contributed by atoms with E-state index in [1.54, 1.807) is 0 Å². The van der Waals surface area contributed by atoms with Crippen LogP contribution in [0.5, 0.6) is 0 Å². The normalized spacial score (nSPS) is 10.3.